The Hall–Kier alpha value is -0.860. The predicted octanol–water partition coefficient (Wildman–Crippen LogP) is 3.48. The van der Waals surface area contributed by atoms with Gasteiger partial charge in [-0.3, -0.25) is 0 Å². The Kier molecular flexibility index (Phi) is 3.67. The van der Waals surface area contributed by atoms with E-state index in [-0.39, 0.29) is 5.56 Å². The van der Waals surface area contributed by atoms with Crippen LogP contribution in [0.4, 0.5) is 4.39 Å². The number of hydrogen-bond acceptors (Lipinski definition) is 1. The van der Waals surface area contributed by atoms with Gasteiger partial charge in [-0.25, -0.2) is 4.39 Å². The first kappa shape index (κ1) is 11.2. The van der Waals surface area contributed by atoms with Crippen LogP contribution < -0.4 is 0 Å². The van der Waals surface area contributed by atoms with Gasteiger partial charge < -0.3 is 5.11 Å². The van der Waals surface area contributed by atoms with Crippen LogP contribution in [0, 0.1) is 5.82 Å². The summed E-state index contributed by atoms with van der Waals surface area (Å²) >= 11 is 5.59. The summed E-state index contributed by atoms with van der Waals surface area (Å²) in [4.78, 5) is 0. The van der Waals surface area contributed by atoms with E-state index in [4.69, 9.17) is 11.6 Å². The molecule has 0 aliphatic heterocycles. The molecule has 0 heterocycles. The minimum absolute atomic E-state index is 0.246. The Morgan fingerprint density at radius 2 is 2.14 bits per heavy atom. The number of aliphatic hydroxyl groups is 1. The molecule has 1 aromatic rings. The number of rotatable bonds is 2. The molecule has 0 bridgehead atoms. The van der Waals surface area contributed by atoms with Crippen molar-refractivity contribution in [2.75, 3.05) is 0 Å². The minimum Gasteiger partial charge on any atom is -0.384 e. The fraction of sp³-hybridized carbons (Fsp3) is 0.273. The highest BCUT2D eigenvalue weighted by atomic mass is 35.5. The number of hydrogen-bond donors (Lipinski definition) is 1. The second kappa shape index (κ2) is 4.58. The molecule has 0 radical (unpaired) electrons. The monoisotopic (exact) mass is 214 g/mol. The largest absolute Gasteiger partial charge is 0.384 e. The number of benzene rings is 1. The highest BCUT2D eigenvalue weighted by Gasteiger charge is 2.10. The Morgan fingerprint density at radius 3 is 2.64 bits per heavy atom. The van der Waals surface area contributed by atoms with E-state index in [0.717, 1.165) is 5.57 Å². The Bertz CT molecular complexity index is 356. The molecule has 14 heavy (non-hydrogen) atoms. The van der Waals surface area contributed by atoms with Crippen molar-refractivity contribution in [1.82, 2.24) is 0 Å². The van der Waals surface area contributed by atoms with Crippen molar-refractivity contribution in [1.29, 1.82) is 0 Å². The first-order valence-corrected chi connectivity index (χ1v) is 4.66. The van der Waals surface area contributed by atoms with E-state index in [0.29, 0.717) is 5.02 Å². The van der Waals surface area contributed by atoms with Gasteiger partial charge in [0, 0.05) is 10.6 Å². The lowest BCUT2D eigenvalue weighted by molar-refractivity contribution is 0.222. The topological polar surface area (TPSA) is 20.2 Å². The summed E-state index contributed by atoms with van der Waals surface area (Å²) in [5.41, 5.74) is 1.18. The lowest BCUT2D eigenvalue weighted by Crippen LogP contribution is -1.97. The molecule has 1 unspecified atom stereocenters. The first-order valence-electron chi connectivity index (χ1n) is 4.28. The van der Waals surface area contributed by atoms with Gasteiger partial charge in [-0.05, 0) is 26.0 Å². The molecule has 0 spiro atoms. The molecule has 0 amide bonds. The molecular weight excluding hydrogens is 203 g/mol. The molecule has 0 aliphatic carbocycles. The van der Waals surface area contributed by atoms with Gasteiger partial charge in [0.05, 0.1) is 0 Å². The zero-order valence-corrected chi connectivity index (χ0v) is 8.85. The van der Waals surface area contributed by atoms with E-state index in [2.05, 4.69) is 0 Å². The highest BCUT2D eigenvalue weighted by Crippen LogP contribution is 2.22. The summed E-state index contributed by atoms with van der Waals surface area (Å²) in [6.07, 6.45) is 0.684. The molecule has 0 aliphatic rings. The van der Waals surface area contributed by atoms with Crippen LogP contribution in [0.1, 0.15) is 25.5 Å². The molecule has 0 aromatic heterocycles. The van der Waals surface area contributed by atoms with Crippen LogP contribution >= 0.6 is 11.6 Å². The van der Waals surface area contributed by atoms with E-state index < -0.39 is 11.9 Å². The summed E-state index contributed by atoms with van der Waals surface area (Å²) in [6, 6.07) is 4.24. The molecule has 0 saturated carbocycles. The molecule has 76 valence electrons. The minimum atomic E-state index is -0.905. The molecule has 3 heteroatoms. The van der Waals surface area contributed by atoms with Gasteiger partial charge in [-0.2, -0.15) is 0 Å². The molecule has 1 aromatic carbocycles. The highest BCUT2D eigenvalue weighted by molar-refractivity contribution is 6.30. The Morgan fingerprint density at radius 1 is 1.50 bits per heavy atom. The summed E-state index contributed by atoms with van der Waals surface area (Å²) in [7, 11) is 0. The third-order valence-electron chi connectivity index (χ3n) is 1.77. The molecule has 1 nitrogen and oxygen atoms in total. The molecule has 0 saturated heterocycles. The summed E-state index contributed by atoms with van der Waals surface area (Å²) < 4.78 is 13.3. The van der Waals surface area contributed by atoms with Gasteiger partial charge in [-0.15, -0.1) is 0 Å². The van der Waals surface area contributed by atoms with E-state index in [1.54, 1.807) is 12.1 Å². The molecular formula is C11H12ClFO. The van der Waals surface area contributed by atoms with Crippen LogP contribution in [0.25, 0.3) is 0 Å². The van der Waals surface area contributed by atoms with E-state index in [9.17, 15) is 9.50 Å². The first-order chi connectivity index (χ1) is 6.50. The van der Waals surface area contributed by atoms with Gasteiger partial charge in [0.15, 0.2) is 0 Å². The van der Waals surface area contributed by atoms with Gasteiger partial charge in [0.2, 0.25) is 0 Å². The second-order valence-corrected chi connectivity index (χ2v) is 3.79. The van der Waals surface area contributed by atoms with Crippen LogP contribution in [0.5, 0.6) is 0 Å². The third-order valence-corrected chi connectivity index (χ3v) is 2.01. The lowest BCUT2D eigenvalue weighted by atomic mass is 10.1. The van der Waals surface area contributed by atoms with Crippen LogP contribution in [-0.2, 0) is 0 Å². The SMILES string of the molecule is CC(C)=CC(O)c1ccc(Cl)cc1F. The molecule has 1 atom stereocenters. The molecule has 1 rings (SSSR count). The second-order valence-electron chi connectivity index (χ2n) is 3.35. The zero-order chi connectivity index (χ0) is 10.7. The lowest BCUT2D eigenvalue weighted by Gasteiger charge is -2.08. The molecule has 1 N–H and O–H groups in total. The van der Waals surface area contributed by atoms with Crippen molar-refractivity contribution in [3.8, 4) is 0 Å². The van der Waals surface area contributed by atoms with Gasteiger partial charge in [-0.1, -0.05) is 29.3 Å². The van der Waals surface area contributed by atoms with Crippen LogP contribution in [0.15, 0.2) is 29.8 Å². The van der Waals surface area contributed by atoms with E-state index in [1.807, 2.05) is 13.8 Å². The Balaban J connectivity index is 3.02. The predicted molar refractivity (Wildman–Crippen MR) is 55.8 cm³/mol. The van der Waals surface area contributed by atoms with Crippen LogP contribution in [0.2, 0.25) is 5.02 Å². The van der Waals surface area contributed by atoms with Crippen LogP contribution in [-0.4, -0.2) is 5.11 Å². The van der Waals surface area contributed by atoms with E-state index >= 15 is 0 Å². The van der Waals surface area contributed by atoms with Crippen molar-refractivity contribution >= 4 is 11.6 Å². The Labute approximate surface area is 87.8 Å². The van der Waals surface area contributed by atoms with Crippen molar-refractivity contribution in [2.45, 2.75) is 20.0 Å². The van der Waals surface area contributed by atoms with Crippen molar-refractivity contribution in [3.63, 3.8) is 0 Å². The average Bonchev–Trinajstić information content (AvgIpc) is 2.01. The molecule has 0 fully saturated rings. The standard InChI is InChI=1S/C11H12ClFO/c1-7(2)5-11(14)9-4-3-8(12)6-10(9)13/h3-6,11,14H,1-2H3. The summed E-state index contributed by atoms with van der Waals surface area (Å²) in [5.74, 6) is -0.484. The maximum Gasteiger partial charge on any atom is 0.130 e. The van der Waals surface area contributed by atoms with Gasteiger partial charge in [0.1, 0.15) is 11.9 Å². The zero-order valence-electron chi connectivity index (χ0n) is 8.09. The fourth-order valence-corrected chi connectivity index (χ4v) is 1.31. The third kappa shape index (κ3) is 2.82. The number of allylic oxidation sites excluding steroid dienone is 1. The maximum absolute atomic E-state index is 13.3. The maximum atomic E-state index is 13.3. The number of aliphatic hydroxyl groups excluding tert-OH is 1. The van der Waals surface area contributed by atoms with Crippen LogP contribution in [0.3, 0.4) is 0 Å². The quantitative estimate of drug-likeness (QED) is 0.748. The van der Waals surface area contributed by atoms with Crippen molar-refractivity contribution < 1.29 is 9.50 Å². The normalized spacial score (nSPS) is 12.4. The summed E-state index contributed by atoms with van der Waals surface area (Å²) in [6.45, 7) is 3.69. The smallest absolute Gasteiger partial charge is 0.130 e. The summed E-state index contributed by atoms with van der Waals surface area (Å²) in [5, 5.41) is 9.93. The van der Waals surface area contributed by atoms with Gasteiger partial charge in [0.25, 0.3) is 0 Å². The van der Waals surface area contributed by atoms with E-state index in [1.165, 1.54) is 12.1 Å². The van der Waals surface area contributed by atoms with Crippen molar-refractivity contribution in [3.05, 3.63) is 46.3 Å². The van der Waals surface area contributed by atoms with Gasteiger partial charge >= 0.3 is 0 Å². The fourth-order valence-electron chi connectivity index (χ4n) is 1.15. The average molecular weight is 215 g/mol. The number of halogens is 2. The van der Waals surface area contributed by atoms with Crippen molar-refractivity contribution in [2.24, 2.45) is 0 Å².